The molecule has 38 heavy (non-hydrogen) atoms. The quantitative estimate of drug-likeness (QED) is 0.0852. The number of anilines is 2. The molecule has 0 amide bonds. The number of unbranched alkanes of at least 4 members (excludes halogenated alkanes) is 3. The fourth-order valence-corrected chi connectivity index (χ4v) is 4.03. The van der Waals surface area contributed by atoms with E-state index in [-0.39, 0.29) is 5.78 Å². The molecule has 0 aliphatic rings. The van der Waals surface area contributed by atoms with E-state index in [1.807, 2.05) is 66.7 Å². The van der Waals surface area contributed by atoms with Crippen molar-refractivity contribution in [2.24, 2.45) is 0 Å². The minimum atomic E-state index is -0.000689. The molecule has 0 heterocycles. The minimum absolute atomic E-state index is 0.000689. The number of carbonyl (C=O) groups excluding carboxylic acids is 1. The lowest BCUT2D eigenvalue weighted by atomic mass is 10.0. The van der Waals surface area contributed by atoms with E-state index in [0.717, 1.165) is 48.1 Å². The third-order valence-corrected chi connectivity index (χ3v) is 6.18. The van der Waals surface area contributed by atoms with Crippen LogP contribution in [-0.2, 0) is 0 Å². The molecule has 4 N–H and O–H groups in total. The number of benzene rings is 4. The highest BCUT2D eigenvalue weighted by Crippen LogP contribution is 2.25. The molecule has 0 atom stereocenters. The summed E-state index contributed by atoms with van der Waals surface area (Å²) in [6, 6.07) is 30.9. The SMILES string of the molecule is Nc1ccc(OCCCCCCOc2ccc(-c3ccc(C=CC(=O)c4ccccc4)cc3)cc2)c(N)c1. The highest BCUT2D eigenvalue weighted by atomic mass is 16.5. The maximum absolute atomic E-state index is 12.2. The van der Waals surface area contributed by atoms with E-state index < -0.39 is 0 Å². The molecule has 5 nitrogen and oxygen atoms in total. The predicted molar refractivity (Wildman–Crippen MR) is 156 cm³/mol. The standard InChI is InChI=1S/C33H34N2O3/c34-29-17-21-33(31(35)24-29)38-23-7-2-1-6-22-37-30-18-15-27(16-19-30)26-13-10-25(11-14-26)12-20-32(36)28-8-4-3-5-9-28/h3-5,8-21,24H,1-2,6-7,22-23,34-35H2. The van der Waals surface area contributed by atoms with Crippen molar-refractivity contribution >= 4 is 23.2 Å². The zero-order valence-corrected chi connectivity index (χ0v) is 21.5. The highest BCUT2D eigenvalue weighted by Gasteiger charge is 2.03. The predicted octanol–water partition coefficient (Wildman–Crippen LogP) is 7.43. The van der Waals surface area contributed by atoms with Gasteiger partial charge in [-0.1, -0.05) is 72.8 Å². The number of allylic oxidation sites excluding steroid dienone is 1. The fourth-order valence-electron chi connectivity index (χ4n) is 4.03. The van der Waals surface area contributed by atoms with Crippen LogP contribution in [0.2, 0.25) is 0 Å². The Bertz CT molecular complexity index is 1330. The van der Waals surface area contributed by atoms with E-state index >= 15 is 0 Å². The molecule has 0 aliphatic carbocycles. The van der Waals surface area contributed by atoms with Gasteiger partial charge in [-0.05, 0) is 78.8 Å². The molecule has 194 valence electrons. The van der Waals surface area contributed by atoms with Crippen LogP contribution in [0, 0.1) is 0 Å². The molecule has 0 aliphatic heterocycles. The van der Waals surface area contributed by atoms with E-state index in [0.29, 0.717) is 35.9 Å². The van der Waals surface area contributed by atoms with Gasteiger partial charge in [-0.3, -0.25) is 4.79 Å². The van der Waals surface area contributed by atoms with Gasteiger partial charge >= 0.3 is 0 Å². The van der Waals surface area contributed by atoms with Crippen LogP contribution in [0.1, 0.15) is 41.6 Å². The number of nitrogens with two attached hydrogens (primary N) is 2. The molecule has 0 radical (unpaired) electrons. The summed E-state index contributed by atoms with van der Waals surface area (Å²) in [6.45, 7) is 1.33. The second-order valence-electron chi connectivity index (χ2n) is 9.12. The minimum Gasteiger partial charge on any atom is -0.494 e. The topological polar surface area (TPSA) is 87.6 Å². The number of ether oxygens (including phenoxy) is 2. The van der Waals surface area contributed by atoms with Crippen LogP contribution >= 0.6 is 0 Å². The molecule has 0 saturated carbocycles. The summed E-state index contributed by atoms with van der Waals surface area (Å²) in [5.74, 6) is 1.56. The summed E-state index contributed by atoms with van der Waals surface area (Å²) in [6.07, 6.45) is 7.57. The van der Waals surface area contributed by atoms with Gasteiger partial charge in [-0.25, -0.2) is 0 Å². The van der Waals surface area contributed by atoms with Crippen molar-refractivity contribution < 1.29 is 14.3 Å². The molecule has 4 aromatic carbocycles. The van der Waals surface area contributed by atoms with E-state index in [2.05, 4.69) is 24.3 Å². The number of carbonyl (C=O) groups is 1. The lowest BCUT2D eigenvalue weighted by molar-refractivity contribution is 0.104. The first-order valence-corrected chi connectivity index (χ1v) is 13.0. The smallest absolute Gasteiger partial charge is 0.185 e. The fraction of sp³-hybridized carbons (Fsp3) is 0.182. The van der Waals surface area contributed by atoms with Gasteiger partial charge in [0, 0.05) is 11.3 Å². The third kappa shape index (κ3) is 8.00. The molecule has 0 spiro atoms. The van der Waals surface area contributed by atoms with Gasteiger partial charge in [0.25, 0.3) is 0 Å². The highest BCUT2D eigenvalue weighted by molar-refractivity contribution is 6.06. The Morgan fingerprint density at radius 2 is 1.32 bits per heavy atom. The van der Waals surface area contributed by atoms with Crippen molar-refractivity contribution in [3.05, 3.63) is 114 Å². The Hall–Kier alpha value is -4.51. The molecule has 0 fully saturated rings. The first kappa shape index (κ1) is 26.6. The Balaban J connectivity index is 1.14. The molecular formula is C33H34N2O3. The van der Waals surface area contributed by atoms with E-state index in [4.69, 9.17) is 20.9 Å². The first-order valence-electron chi connectivity index (χ1n) is 13.0. The van der Waals surface area contributed by atoms with Gasteiger partial charge in [0.05, 0.1) is 18.9 Å². The maximum atomic E-state index is 12.2. The number of ketones is 1. The lowest BCUT2D eigenvalue weighted by Crippen LogP contribution is -2.02. The molecule has 4 rings (SSSR count). The van der Waals surface area contributed by atoms with Crippen LogP contribution in [0.25, 0.3) is 17.2 Å². The van der Waals surface area contributed by atoms with Crippen molar-refractivity contribution in [2.75, 3.05) is 24.7 Å². The molecule has 0 saturated heterocycles. The van der Waals surface area contributed by atoms with Gasteiger partial charge in [-0.2, -0.15) is 0 Å². The average Bonchev–Trinajstić information content (AvgIpc) is 2.95. The van der Waals surface area contributed by atoms with Crippen LogP contribution in [0.4, 0.5) is 11.4 Å². The van der Waals surface area contributed by atoms with Gasteiger partial charge in [0.15, 0.2) is 5.78 Å². The van der Waals surface area contributed by atoms with E-state index in [9.17, 15) is 4.79 Å². The van der Waals surface area contributed by atoms with Gasteiger partial charge in [-0.15, -0.1) is 0 Å². The Morgan fingerprint density at radius 1 is 0.684 bits per heavy atom. The summed E-state index contributed by atoms with van der Waals surface area (Å²) in [7, 11) is 0. The zero-order valence-electron chi connectivity index (χ0n) is 21.5. The normalized spacial score (nSPS) is 10.9. The van der Waals surface area contributed by atoms with Crippen molar-refractivity contribution in [1.29, 1.82) is 0 Å². The van der Waals surface area contributed by atoms with E-state index in [1.165, 1.54) is 0 Å². The van der Waals surface area contributed by atoms with Gasteiger partial charge in [0.1, 0.15) is 11.5 Å². The number of hydrogen-bond donors (Lipinski definition) is 2. The molecule has 0 unspecified atom stereocenters. The molecule has 0 bridgehead atoms. The van der Waals surface area contributed by atoms with E-state index in [1.54, 1.807) is 18.2 Å². The van der Waals surface area contributed by atoms with Crippen LogP contribution in [-0.4, -0.2) is 19.0 Å². The maximum Gasteiger partial charge on any atom is 0.185 e. The van der Waals surface area contributed by atoms with Crippen LogP contribution in [0.5, 0.6) is 11.5 Å². The molecule has 4 aromatic rings. The Morgan fingerprint density at radius 3 is 1.97 bits per heavy atom. The summed E-state index contributed by atoms with van der Waals surface area (Å²) in [5.41, 5.74) is 16.7. The van der Waals surface area contributed by atoms with Crippen molar-refractivity contribution in [3.63, 3.8) is 0 Å². The first-order chi connectivity index (χ1) is 18.6. The molecular weight excluding hydrogens is 472 g/mol. The second kappa shape index (κ2) is 13.7. The van der Waals surface area contributed by atoms with Crippen molar-refractivity contribution in [2.45, 2.75) is 25.7 Å². The Kier molecular flexibility index (Phi) is 9.57. The van der Waals surface area contributed by atoms with Crippen molar-refractivity contribution in [3.8, 4) is 22.6 Å². The number of rotatable bonds is 13. The summed E-state index contributed by atoms with van der Waals surface area (Å²) >= 11 is 0. The average molecular weight is 507 g/mol. The van der Waals surface area contributed by atoms with Gasteiger partial charge in [0.2, 0.25) is 0 Å². The largest absolute Gasteiger partial charge is 0.494 e. The Labute approximate surface area is 224 Å². The number of hydrogen-bond acceptors (Lipinski definition) is 5. The lowest BCUT2D eigenvalue weighted by Gasteiger charge is -2.10. The zero-order chi connectivity index (χ0) is 26.6. The van der Waals surface area contributed by atoms with Crippen LogP contribution in [0.3, 0.4) is 0 Å². The van der Waals surface area contributed by atoms with Gasteiger partial charge < -0.3 is 20.9 Å². The number of nitrogen functional groups attached to an aromatic ring is 2. The summed E-state index contributed by atoms with van der Waals surface area (Å²) < 4.78 is 11.6. The molecule has 5 heteroatoms. The summed E-state index contributed by atoms with van der Waals surface area (Å²) in [5, 5.41) is 0. The molecule has 0 aromatic heterocycles. The monoisotopic (exact) mass is 506 g/mol. The summed E-state index contributed by atoms with van der Waals surface area (Å²) in [4.78, 5) is 12.2. The second-order valence-corrected chi connectivity index (χ2v) is 9.12. The third-order valence-electron chi connectivity index (χ3n) is 6.18. The van der Waals surface area contributed by atoms with Crippen molar-refractivity contribution in [1.82, 2.24) is 0 Å². The van der Waals surface area contributed by atoms with Crippen LogP contribution < -0.4 is 20.9 Å². The van der Waals surface area contributed by atoms with Crippen LogP contribution in [0.15, 0.2) is 103 Å².